The molecule has 0 radical (unpaired) electrons. The van der Waals surface area contributed by atoms with Crippen molar-refractivity contribution in [3.05, 3.63) is 12.7 Å². The van der Waals surface area contributed by atoms with E-state index in [4.69, 9.17) is 5.73 Å². The molecule has 2 N–H and O–H groups in total. The highest BCUT2D eigenvalue weighted by Crippen LogP contribution is 2.28. The number of rotatable bonds is 4. The van der Waals surface area contributed by atoms with Crippen molar-refractivity contribution in [3.63, 3.8) is 0 Å². The van der Waals surface area contributed by atoms with Gasteiger partial charge < -0.3 is 5.73 Å². The van der Waals surface area contributed by atoms with Gasteiger partial charge in [0.05, 0.1) is 0 Å². The van der Waals surface area contributed by atoms with E-state index >= 15 is 0 Å². The minimum atomic E-state index is 0.702. The molecule has 0 aromatic heterocycles. The van der Waals surface area contributed by atoms with E-state index in [1.165, 1.54) is 19.3 Å². The lowest BCUT2D eigenvalue weighted by Gasteiger charge is -2.27. The maximum atomic E-state index is 5.71. The molecule has 2 unspecified atom stereocenters. The fraction of sp³-hybridized carbons (Fsp3) is 0.800. The molecule has 1 fully saturated rings. The zero-order valence-corrected chi connectivity index (χ0v) is 8.00. The van der Waals surface area contributed by atoms with Crippen LogP contribution in [0.15, 0.2) is 12.7 Å². The number of nitrogens with zero attached hydrogens (tertiary/aromatic N) is 1. The monoisotopic (exact) mass is 168 g/mol. The minimum absolute atomic E-state index is 0.702. The van der Waals surface area contributed by atoms with Crippen LogP contribution in [0.1, 0.15) is 19.3 Å². The largest absolute Gasteiger partial charge is 0.330 e. The van der Waals surface area contributed by atoms with Crippen molar-refractivity contribution in [3.8, 4) is 0 Å². The van der Waals surface area contributed by atoms with Crippen LogP contribution in [0, 0.1) is 5.92 Å². The molecule has 0 amide bonds. The van der Waals surface area contributed by atoms with Crippen molar-refractivity contribution in [2.24, 2.45) is 11.7 Å². The Hall–Kier alpha value is -0.340. The van der Waals surface area contributed by atoms with Gasteiger partial charge in [-0.05, 0) is 32.4 Å². The second-order valence-corrected chi connectivity index (χ2v) is 3.72. The summed E-state index contributed by atoms with van der Waals surface area (Å²) in [7, 11) is 2.17. The number of likely N-dealkylation sites (N-methyl/N-ethyl adjacent to an activating group) is 1. The maximum absolute atomic E-state index is 5.71. The molecule has 70 valence electrons. The summed E-state index contributed by atoms with van der Waals surface area (Å²) in [4.78, 5) is 2.37. The predicted molar refractivity (Wildman–Crippen MR) is 53.0 cm³/mol. The van der Waals surface area contributed by atoms with E-state index in [1.54, 1.807) is 0 Å². The van der Waals surface area contributed by atoms with Gasteiger partial charge in [0.1, 0.15) is 0 Å². The van der Waals surface area contributed by atoms with Crippen LogP contribution in [0.2, 0.25) is 0 Å². The quantitative estimate of drug-likeness (QED) is 0.640. The molecule has 0 aliphatic heterocycles. The van der Waals surface area contributed by atoms with Crippen molar-refractivity contribution in [2.45, 2.75) is 25.3 Å². The van der Waals surface area contributed by atoms with Crippen molar-refractivity contribution < 1.29 is 0 Å². The Kier molecular flexibility index (Phi) is 3.76. The summed E-state index contributed by atoms with van der Waals surface area (Å²) in [6, 6.07) is 0.702. The van der Waals surface area contributed by atoms with Gasteiger partial charge in [0, 0.05) is 12.6 Å². The van der Waals surface area contributed by atoms with E-state index < -0.39 is 0 Å². The first-order valence-electron chi connectivity index (χ1n) is 4.80. The highest BCUT2D eigenvalue weighted by atomic mass is 15.1. The Morgan fingerprint density at radius 1 is 1.58 bits per heavy atom. The van der Waals surface area contributed by atoms with E-state index in [9.17, 15) is 0 Å². The topological polar surface area (TPSA) is 29.3 Å². The molecule has 2 heteroatoms. The third-order valence-electron chi connectivity index (χ3n) is 2.90. The number of hydrogen-bond donors (Lipinski definition) is 1. The molecule has 0 aromatic rings. The predicted octanol–water partition coefficient (Wildman–Crippen LogP) is 1.23. The van der Waals surface area contributed by atoms with Crippen molar-refractivity contribution in [1.82, 2.24) is 4.90 Å². The SMILES string of the molecule is C=CCN(C)C1CCCC1CN. The zero-order chi connectivity index (χ0) is 8.97. The molecule has 0 saturated heterocycles. The average molecular weight is 168 g/mol. The summed E-state index contributed by atoms with van der Waals surface area (Å²) in [5.74, 6) is 0.718. The lowest BCUT2D eigenvalue weighted by molar-refractivity contribution is 0.220. The van der Waals surface area contributed by atoms with Crippen LogP contribution >= 0.6 is 0 Å². The normalized spacial score (nSPS) is 29.6. The Labute approximate surface area is 75.4 Å². The van der Waals surface area contributed by atoms with Crippen LogP contribution in [-0.2, 0) is 0 Å². The summed E-state index contributed by atoms with van der Waals surface area (Å²) in [5, 5.41) is 0. The summed E-state index contributed by atoms with van der Waals surface area (Å²) < 4.78 is 0. The van der Waals surface area contributed by atoms with E-state index in [1.807, 2.05) is 6.08 Å². The molecular formula is C10H20N2. The molecule has 1 aliphatic rings. The molecule has 1 saturated carbocycles. The zero-order valence-electron chi connectivity index (χ0n) is 8.00. The smallest absolute Gasteiger partial charge is 0.0160 e. The molecule has 1 aliphatic carbocycles. The summed E-state index contributed by atoms with van der Waals surface area (Å²) in [6.07, 6.45) is 5.93. The first kappa shape index (κ1) is 9.75. The molecule has 0 spiro atoms. The third kappa shape index (κ3) is 2.08. The standard InChI is InChI=1S/C10H20N2/c1-3-7-12(2)10-6-4-5-9(10)8-11/h3,9-10H,1,4-8,11H2,2H3. The van der Waals surface area contributed by atoms with Crippen molar-refractivity contribution in [2.75, 3.05) is 20.1 Å². The number of hydrogen-bond acceptors (Lipinski definition) is 2. The molecule has 2 nitrogen and oxygen atoms in total. The molecule has 2 atom stereocenters. The molecule has 0 aromatic carbocycles. The molecule has 0 heterocycles. The van der Waals surface area contributed by atoms with E-state index in [0.717, 1.165) is 19.0 Å². The van der Waals surface area contributed by atoms with E-state index in [0.29, 0.717) is 6.04 Å². The third-order valence-corrected chi connectivity index (χ3v) is 2.90. The first-order valence-corrected chi connectivity index (χ1v) is 4.80. The second-order valence-electron chi connectivity index (χ2n) is 3.72. The van der Waals surface area contributed by atoms with Gasteiger partial charge in [0.2, 0.25) is 0 Å². The van der Waals surface area contributed by atoms with Crippen LogP contribution < -0.4 is 5.73 Å². The summed E-state index contributed by atoms with van der Waals surface area (Å²) >= 11 is 0. The van der Waals surface area contributed by atoms with Gasteiger partial charge in [-0.2, -0.15) is 0 Å². The fourth-order valence-electron chi connectivity index (χ4n) is 2.21. The second kappa shape index (κ2) is 4.63. The van der Waals surface area contributed by atoms with Crippen molar-refractivity contribution in [1.29, 1.82) is 0 Å². The Morgan fingerprint density at radius 3 is 2.92 bits per heavy atom. The molecule has 1 rings (SSSR count). The van der Waals surface area contributed by atoms with Gasteiger partial charge >= 0.3 is 0 Å². The highest BCUT2D eigenvalue weighted by molar-refractivity contribution is 4.87. The lowest BCUT2D eigenvalue weighted by atomic mass is 10.0. The van der Waals surface area contributed by atoms with Gasteiger partial charge in [0.15, 0.2) is 0 Å². The van der Waals surface area contributed by atoms with Gasteiger partial charge in [-0.3, -0.25) is 4.90 Å². The number of nitrogens with two attached hydrogens (primary N) is 1. The first-order chi connectivity index (χ1) is 5.79. The van der Waals surface area contributed by atoms with Crippen LogP contribution in [0.5, 0.6) is 0 Å². The summed E-state index contributed by atoms with van der Waals surface area (Å²) in [5.41, 5.74) is 5.71. The summed E-state index contributed by atoms with van der Waals surface area (Å²) in [6.45, 7) is 5.58. The van der Waals surface area contributed by atoms with Crippen LogP contribution in [-0.4, -0.2) is 31.1 Å². The Morgan fingerprint density at radius 2 is 2.33 bits per heavy atom. The average Bonchev–Trinajstić information content (AvgIpc) is 2.51. The lowest BCUT2D eigenvalue weighted by Crippen LogP contribution is -2.37. The van der Waals surface area contributed by atoms with E-state index in [2.05, 4.69) is 18.5 Å². The molecular weight excluding hydrogens is 148 g/mol. The van der Waals surface area contributed by atoms with Gasteiger partial charge in [0.25, 0.3) is 0 Å². The molecule has 0 bridgehead atoms. The highest BCUT2D eigenvalue weighted by Gasteiger charge is 2.28. The van der Waals surface area contributed by atoms with Crippen LogP contribution in [0.3, 0.4) is 0 Å². The van der Waals surface area contributed by atoms with Crippen LogP contribution in [0.25, 0.3) is 0 Å². The van der Waals surface area contributed by atoms with Crippen LogP contribution in [0.4, 0.5) is 0 Å². The maximum Gasteiger partial charge on any atom is 0.0160 e. The van der Waals surface area contributed by atoms with Crippen molar-refractivity contribution >= 4 is 0 Å². The minimum Gasteiger partial charge on any atom is -0.330 e. The van der Waals surface area contributed by atoms with Gasteiger partial charge in [-0.25, -0.2) is 0 Å². The fourth-order valence-corrected chi connectivity index (χ4v) is 2.21. The Balaban J connectivity index is 2.42. The Bertz CT molecular complexity index is 145. The van der Waals surface area contributed by atoms with Gasteiger partial charge in [-0.15, -0.1) is 6.58 Å². The van der Waals surface area contributed by atoms with E-state index in [-0.39, 0.29) is 0 Å². The van der Waals surface area contributed by atoms with Gasteiger partial charge in [-0.1, -0.05) is 12.5 Å². The molecule has 12 heavy (non-hydrogen) atoms.